The van der Waals surface area contributed by atoms with Crippen molar-refractivity contribution in [2.24, 2.45) is 5.73 Å². The summed E-state index contributed by atoms with van der Waals surface area (Å²) in [7, 11) is 0. The first-order valence-electron chi connectivity index (χ1n) is 4.49. The number of ether oxygens (including phenoxy) is 2. The zero-order valence-electron chi connectivity index (χ0n) is 7.91. The highest BCUT2D eigenvalue weighted by Crippen LogP contribution is 2.12. The van der Waals surface area contributed by atoms with E-state index >= 15 is 0 Å². The third-order valence-corrected chi connectivity index (χ3v) is 2.29. The first kappa shape index (κ1) is 11.7. The third-order valence-electron chi connectivity index (χ3n) is 1.57. The molecule has 14 heavy (non-hydrogen) atoms. The van der Waals surface area contributed by atoms with Gasteiger partial charge in [0.1, 0.15) is 12.4 Å². The minimum atomic E-state index is 0.559. The minimum absolute atomic E-state index is 0.559. The van der Waals surface area contributed by atoms with Gasteiger partial charge in [-0.05, 0) is 46.9 Å². The lowest BCUT2D eigenvalue weighted by Crippen LogP contribution is -2.13. The monoisotopic (exact) mass is 307 g/mol. The SMILES string of the molecule is NCCOCCOc1ccc(I)cc1. The van der Waals surface area contributed by atoms with E-state index in [0.717, 1.165) is 5.75 Å². The fourth-order valence-corrected chi connectivity index (χ4v) is 1.29. The smallest absolute Gasteiger partial charge is 0.119 e. The first-order valence-corrected chi connectivity index (χ1v) is 5.57. The summed E-state index contributed by atoms with van der Waals surface area (Å²) in [5.41, 5.74) is 5.27. The zero-order valence-corrected chi connectivity index (χ0v) is 10.1. The second-order valence-electron chi connectivity index (χ2n) is 2.70. The molecule has 0 saturated heterocycles. The van der Waals surface area contributed by atoms with Gasteiger partial charge in [0.05, 0.1) is 13.2 Å². The van der Waals surface area contributed by atoms with Crippen molar-refractivity contribution in [3.63, 3.8) is 0 Å². The Labute approximate surface area is 97.7 Å². The van der Waals surface area contributed by atoms with Crippen molar-refractivity contribution < 1.29 is 9.47 Å². The minimum Gasteiger partial charge on any atom is -0.491 e. The van der Waals surface area contributed by atoms with Crippen molar-refractivity contribution in [3.05, 3.63) is 27.8 Å². The van der Waals surface area contributed by atoms with Crippen molar-refractivity contribution >= 4 is 22.6 Å². The largest absolute Gasteiger partial charge is 0.491 e. The average Bonchev–Trinajstić information content (AvgIpc) is 2.21. The molecule has 0 aliphatic carbocycles. The summed E-state index contributed by atoms with van der Waals surface area (Å²) in [6.45, 7) is 2.31. The average molecular weight is 307 g/mol. The summed E-state index contributed by atoms with van der Waals surface area (Å²) in [5, 5.41) is 0. The number of nitrogens with two attached hydrogens (primary N) is 1. The molecule has 0 unspecified atom stereocenters. The van der Waals surface area contributed by atoms with Gasteiger partial charge in [-0.25, -0.2) is 0 Å². The van der Waals surface area contributed by atoms with E-state index in [1.807, 2.05) is 24.3 Å². The van der Waals surface area contributed by atoms with Gasteiger partial charge < -0.3 is 15.2 Å². The van der Waals surface area contributed by atoms with Crippen LogP contribution in [0.5, 0.6) is 5.75 Å². The standard InChI is InChI=1S/C10H14INO2/c11-9-1-3-10(4-2-9)14-8-7-13-6-5-12/h1-4H,5-8,12H2. The Kier molecular flexibility index (Phi) is 5.89. The van der Waals surface area contributed by atoms with E-state index < -0.39 is 0 Å². The predicted molar refractivity (Wildman–Crippen MR) is 64.5 cm³/mol. The van der Waals surface area contributed by atoms with Gasteiger partial charge >= 0.3 is 0 Å². The molecule has 0 heterocycles. The van der Waals surface area contributed by atoms with Crippen molar-refractivity contribution in [2.45, 2.75) is 0 Å². The molecule has 0 amide bonds. The molecule has 3 nitrogen and oxygen atoms in total. The van der Waals surface area contributed by atoms with Crippen molar-refractivity contribution in [3.8, 4) is 5.75 Å². The summed E-state index contributed by atoms with van der Waals surface area (Å²) in [5.74, 6) is 0.877. The van der Waals surface area contributed by atoms with E-state index in [1.165, 1.54) is 3.57 Å². The van der Waals surface area contributed by atoms with Gasteiger partial charge in [0.25, 0.3) is 0 Å². The summed E-state index contributed by atoms with van der Waals surface area (Å²) in [6, 6.07) is 7.92. The molecular weight excluding hydrogens is 293 g/mol. The number of hydrogen-bond donors (Lipinski definition) is 1. The molecule has 0 aliphatic heterocycles. The van der Waals surface area contributed by atoms with E-state index in [1.54, 1.807) is 0 Å². The molecule has 0 saturated carbocycles. The molecular formula is C10H14INO2. The Hall–Kier alpha value is -0.330. The molecule has 0 radical (unpaired) electrons. The Bertz CT molecular complexity index is 251. The number of benzene rings is 1. The number of hydrogen-bond acceptors (Lipinski definition) is 3. The maximum Gasteiger partial charge on any atom is 0.119 e. The number of rotatable bonds is 6. The van der Waals surface area contributed by atoms with Crippen LogP contribution in [0.15, 0.2) is 24.3 Å². The highest BCUT2D eigenvalue weighted by atomic mass is 127. The van der Waals surface area contributed by atoms with E-state index in [9.17, 15) is 0 Å². The normalized spacial score (nSPS) is 10.1. The van der Waals surface area contributed by atoms with Crippen LogP contribution in [0.3, 0.4) is 0 Å². The Balaban J connectivity index is 2.15. The van der Waals surface area contributed by atoms with E-state index in [0.29, 0.717) is 26.4 Å². The fraction of sp³-hybridized carbons (Fsp3) is 0.400. The lowest BCUT2D eigenvalue weighted by atomic mass is 10.3. The molecule has 0 bridgehead atoms. The van der Waals surface area contributed by atoms with Crippen LogP contribution in [0.4, 0.5) is 0 Å². The van der Waals surface area contributed by atoms with Crippen LogP contribution in [0, 0.1) is 3.57 Å². The van der Waals surface area contributed by atoms with Gasteiger partial charge in [0, 0.05) is 10.1 Å². The molecule has 0 spiro atoms. The lowest BCUT2D eigenvalue weighted by molar-refractivity contribution is 0.106. The van der Waals surface area contributed by atoms with Crippen LogP contribution in [-0.4, -0.2) is 26.4 Å². The quantitative estimate of drug-likeness (QED) is 0.642. The van der Waals surface area contributed by atoms with Crippen molar-refractivity contribution in [1.29, 1.82) is 0 Å². The molecule has 0 aromatic heterocycles. The molecule has 1 aromatic carbocycles. The molecule has 0 aliphatic rings. The van der Waals surface area contributed by atoms with Gasteiger partial charge in [-0.2, -0.15) is 0 Å². The second kappa shape index (κ2) is 7.03. The van der Waals surface area contributed by atoms with Crippen LogP contribution in [0.25, 0.3) is 0 Å². The molecule has 0 fully saturated rings. The second-order valence-corrected chi connectivity index (χ2v) is 3.95. The molecule has 2 N–H and O–H groups in total. The van der Waals surface area contributed by atoms with Crippen LogP contribution in [0.2, 0.25) is 0 Å². The predicted octanol–water partition coefficient (Wildman–Crippen LogP) is 1.65. The molecule has 0 atom stereocenters. The van der Waals surface area contributed by atoms with E-state index in [2.05, 4.69) is 22.6 Å². The Morgan fingerprint density at radius 1 is 1.07 bits per heavy atom. The molecule has 1 aromatic rings. The van der Waals surface area contributed by atoms with Gasteiger partial charge in [-0.15, -0.1) is 0 Å². The lowest BCUT2D eigenvalue weighted by Gasteiger charge is -2.06. The van der Waals surface area contributed by atoms with Crippen molar-refractivity contribution in [2.75, 3.05) is 26.4 Å². The van der Waals surface area contributed by atoms with Crippen LogP contribution < -0.4 is 10.5 Å². The molecule has 78 valence electrons. The number of halogens is 1. The Morgan fingerprint density at radius 2 is 1.79 bits per heavy atom. The molecule has 1 rings (SSSR count). The topological polar surface area (TPSA) is 44.5 Å². The van der Waals surface area contributed by atoms with Gasteiger partial charge in [0.15, 0.2) is 0 Å². The van der Waals surface area contributed by atoms with Crippen LogP contribution in [0.1, 0.15) is 0 Å². The van der Waals surface area contributed by atoms with Crippen molar-refractivity contribution in [1.82, 2.24) is 0 Å². The summed E-state index contributed by atoms with van der Waals surface area (Å²) < 4.78 is 11.8. The fourth-order valence-electron chi connectivity index (χ4n) is 0.935. The molecule has 4 heteroatoms. The van der Waals surface area contributed by atoms with Gasteiger partial charge in [-0.3, -0.25) is 0 Å². The summed E-state index contributed by atoms with van der Waals surface area (Å²) in [6.07, 6.45) is 0. The van der Waals surface area contributed by atoms with Gasteiger partial charge in [-0.1, -0.05) is 0 Å². The highest BCUT2D eigenvalue weighted by molar-refractivity contribution is 14.1. The van der Waals surface area contributed by atoms with E-state index in [4.69, 9.17) is 15.2 Å². The highest BCUT2D eigenvalue weighted by Gasteiger charge is 1.93. The van der Waals surface area contributed by atoms with Crippen LogP contribution >= 0.6 is 22.6 Å². The summed E-state index contributed by atoms with van der Waals surface area (Å²) >= 11 is 2.26. The van der Waals surface area contributed by atoms with Gasteiger partial charge in [0.2, 0.25) is 0 Å². The summed E-state index contributed by atoms with van der Waals surface area (Å²) in [4.78, 5) is 0. The van der Waals surface area contributed by atoms with E-state index in [-0.39, 0.29) is 0 Å². The zero-order chi connectivity index (χ0) is 10.2. The maximum atomic E-state index is 5.44. The Morgan fingerprint density at radius 3 is 2.43 bits per heavy atom. The maximum absolute atomic E-state index is 5.44. The first-order chi connectivity index (χ1) is 6.83. The van der Waals surface area contributed by atoms with Crippen LogP contribution in [-0.2, 0) is 4.74 Å². The third kappa shape index (κ3) is 4.78.